The number of benzene rings is 3. The van der Waals surface area contributed by atoms with Crippen molar-refractivity contribution in [3.63, 3.8) is 0 Å². The lowest BCUT2D eigenvalue weighted by Crippen LogP contribution is -2.28. The van der Waals surface area contributed by atoms with Gasteiger partial charge in [0.1, 0.15) is 12.3 Å². The van der Waals surface area contributed by atoms with Gasteiger partial charge in [-0.3, -0.25) is 10.3 Å². The normalized spacial score (nSPS) is 10.4. The molecule has 0 aliphatic rings. The molecule has 3 aromatic heterocycles. The van der Waals surface area contributed by atoms with E-state index < -0.39 is 6.09 Å². The maximum absolute atomic E-state index is 12.7. The molecule has 0 radical (unpaired) electrons. The van der Waals surface area contributed by atoms with E-state index in [0.717, 1.165) is 39.0 Å². The molecule has 3 aromatic carbocycles. The Morgan fingerprint density at radius 2 is 1.56 bits per heavy atom. The van der Waals surface area contributed by atoms with Gasteiger partial charge in [-0.1, -0.05) is 48.2 Å². The molecule has 3 N–H and O–H groups in total. The monoisotopic (exact) mass is 592 g/mol. The predicted molar refractivity (Wildman–Crippen MR) is 173 cm³/mol. The number of imidazole rings is 1. The number of hydrogen-bond donors (Lipinski definition) is 3. The second-order valence-corrected chi connectivity index (χ2v) is 10.0. The number of fused-ring (bicyclic) bond motifs is 1. The molecular weight excluding hydrogens is 564 g/mol. The Bertz CT molecular complexity index is 2000. The van der Waals surface area contributed by atoms with E-state index in [2.05, 4.69) is 37.8 Å². The molecule has 220 valence electrons. The van der Waals surface area contributed by atoms with Gasteiger partial charge in [-0.15, -0.1) is 0 Å². The van der Waals surface area contributed by atoms with Crippen LogP contribution in [0.25, 0.3) is 16.8 Å². The highest BCUT2D eigenvalue weighted by molar-refractivity contribution is 5.90. The van der Waals surface area contributed by atoms with Crippen LogP contribution in [0.15, 0.2) is 128 Å². The fourth-order valence-electron chi connectivity index (χ4n) is 4.58. The highest BCUT2D eigenvalue weighted by atomic mass is 16.5. The van der Waals surface area contributed by atoms with E-state index in [1.807, 2.05) is 102 Å². The Kier molecular flexibility index (Phi) is 8.75. The zero-order valence-electron chi connectivity index (χ0n) is 24.1. The van der Waals surface area contributed by atoms with Crippen LogP contribution >= 0.6 is 0 Å². The third-order valence-corrected chi connectivity index (χ3v) is 6.87. The average molecular weight is 593 g/mol. The van der Waals surface area contributed by atoms with Crippen LogP contribution in [-0.4, -0.2) is 26.5 Å². The van der Waals surface area contributed by atoms with Gasteiger partial charge in [0.15, 0.2) is 0 Å². The van der Waals surface area contributed by atoms with E-state index in [1.165, 1.54) is 0 Å². The van der Waals surface area contributed by atoms with Gasteiger partial charge in [-0.2, -0.15) is 0 Å². The van der Waals surface area contributed by atoms with E-state index in [0.29, 0.717) is 17.9 Å². The van der Waals surface area contributed by atoms with Gasteiger partial charge in [-0.05, 0) is 82.9 Å². The Morgan fingerprint density at radius 3 is 2.38 bits per heavy atom. The minimum Gasteiger partial charge on any atom is -0.444 e. The molecule has 6 rings (SSSR count). The van der Waals surface area contributed by atoms with Crippen molar-refractivity contribution in [1.82, 2.24) is 19.7 Å². The molecule has 0 unspecified atom stereocenters. The van der Waals surface area contributed by atoms with Gasteiger partial charge >= 0.3 is 12.1 Å². The smallest absolute Gasteiger partial charge is 0.411 e. The highest BCUT2D eigenvalue weighted by Crippen LogP contribution is 2.26. The zero-order chi connectivity index (χ0) is 30.8. The number of nitrogens with one attached hydrogen (secondary N) is 3. The first-order chi connectivity index (χ1) is 22.1. The van der Waals surface area contributed by atoms with E-state index >= 15 is 0 Å². The Hall–Kier alpha value is -6.40. The molecule has 0 fully saturated rings. The lowest BCUT2D eigenvalue weighted by atomic mass is 10.00. The number of amides is 3. The molecule has 9 heteroatoms. The maximum atomic E-state index is 12.7. The number of ether oxygens (including phenoxy) is 1. The number of nitrogens with zero attached hydrogens (tertiary/aromatic N) is 3. The predicted octanol–water partition coefficient (Wildman–Crippen LogP) is 6.87. The highest BCUT2D eigenvalue weighted by Gasteiger charge is 2.09. The molecule has 0 aliphatic carbocycles. The summed E-state index contributed by atoms with van der Waals surface area (Å²) in [7, 11) is 0. The number of carbonyl (C=O) groups excluding carboxylic acids is 2. The standard InChI is InChI=1S/C36H28N6O3/c43-35(39-24-28-16-20-42-21-19-38-34(42)22-28)40-32-12-13-33(29-14-17-37-18-15-29)30(23-32)9-6-26-7-10-31(11-8-26)41-36(44)45-25-27-4-2-1-3-5-27/h1-5,7-8,10-23H,24-25H2,(H,41,44)(H2,39,40,43). The second-order valence-electron chi connectivity index (χ2n) is 10.0. The first-order valence-electron chi connectivity index (χ1n) is 14.2. The van der Waals surface area contributed by atoms with Crippen LogP contribution in [-0.2, 0) is 17.9 Å². The van der Waals surface area contributed by atoms with Crippen LogP contribution in [0.3, 0.4) is 0 Å². The topological polar surface area (TPSA) is 110 Å². The first-order valence-corrected chi connectivity index (χ1v) is 14.2. The van der Waals surface area contributed by atoms with Crippen molar-refractivity contribution in [3.8, 4) is 23.0 Å². The summed E-state index contributed by atoms with van der Waals surface area (Å²) in [5.74, 6) is 6.44. The van der Waals surface area contributed by atoms with Gasteiger partial charge < -0.3 is 19.8 Å². The van der Waals surface area contributed by atoms with Crippen LogP contribution < -0.4 is 16.0 Å². The van der Waals surface area contributed by atoms with Crippen molar-refractivity contribution < 1.29 is 14.3 Å². The summed E-state index contributed by atoms with van der Waals surface area (Å²) < 4.78 is 7.20. The molecule has 0 saturated heterocycles. The van der Waals surface area contributed by atoms with Crippen molar-refractivity contribution in [2.45, 2.75) is 13.2 Å². The van der Waals surface area contributed by atoms with Crippen molar-refractivity contribution in [3.05, 3.63) is 150 Å². The maximum Gasteiger partial charge on any atom is 0.411 e. The number of carbonyl (C=O) groups is 2. The Labute approximate surface area is 259 Å². The molecule has 45 heavy (non-hydrogen) atoms. The van der Waals surface area contributed by atoms with E-state index in [4.69, 9.17) is 4.74 Å². The molecule has 9 nitrogen and oxygen atoms in total. The molecule has 0 atom stereocenters. The number of aromatic nitrogens is 3. The van der Waals surface area contributed by atoms with E-state index in [9.17, 15) is 9.59 Å². The molecule has 3 heterocycles. The molecular formula is C36H28N6O3. The molecule has 0 aliphatic heterocycles. The van der Waals surface area contributed by atoms with E-state index in [-0.39, 0.29) is 12.6 Å². The van der Waals surface area contributed by atoms with Gasteiger partial charge in [0.2, 0.25) is 0 Å². The average Bonchev–Trinajstić information content (AvgIpc) is 3.55. The third kappa shape index (κ3) is 7.71. The lowest BCUT2D eigenvalue weighted by molar-refractivity contribution is 0.155. The van der Waals surface area contributed by atoms with Gasteiger partial charge in [-0.25, -0.2) is 14.6 Å². The SMILES string of the molecule is O=C(NCc1ccn2ccnc2c1)Nc1ccc(-c2ccncc2)c(C#Cc2ccc(NC(=O)OCc3ccccc3)cc2)c1. The molecule has 3 amide bonds. The summed E-state index contributed by atoms with van der Waals surface area (Å²) in [6.07, 6.45) is 8.42. The van der Waals surface area contributed by atoms with Crippen molar-refractivity contribution >= 4 is 29.1 Å². The first kappa shape index (κ1) is 28.7. The summed E-state index contributed by atoms with van der Waals surface area (Å²) in [5.41, 5.74) is 7.21. The largest absolute Gasteiger partial charge is 0.444 e. The van der Waals surface area contributed by atoms with Crippen molar-refractivity contribution in [1.29, 1.82) is 0 Å². The van der Waals surface area contributed by atoms with Crippen LogP contribution in [0.1, 0.15) is 22.3 Å². The van der Waals surface area contributed by atoms with Crippen molar-refractivity contribution in [2.75, 3.05) is 10.6 Å². The molecule has 6 aromatic rings. The quantitative estimate of drug-likeness (QED) is 0.175. The number of urea groups is 1. The van der Waals surface area contributed by atoms with Crippen LogP contribution in [0.5, 0.6) is 0 Å². The molecule has 0 saturated carbocycles. The summed E-state index contributed by atoms with van der Waals surface area (Å²) >= 11 is 0. The number of rotatable bonds is 7. The van der Waals surface area contributed by atoms with Crippen LogP contribution in [0, 0.1) is 11.8 Å². The lowest BCUT2D eigenvalue weighted by Gasteiger charge is -2.11. The minimum atomic E-state index is -0.535. The van der Waals surface area contributed by atoms with E-state index in [1.54, 1.807) is 30.7 Å². The number of anilines is 2. The third-order valence-electron chi connectivity index (χ3n) is 6.87. The summed E-state index contributed by atoms with van der Waals surface area (Å²) in [5, 5.41) is 8.53. The van der Waals surface area contributed by atoms with Gasteiger partial charge in [0, 0.05) is 60.0 Å². The minimum absolute atomic E-state index is 0.188. The fourth-order valence-corrected chi connectivity index (χ4v) is 4.58. The van der Waals surface area contributed by atoms with Crippen molar-refractivity contribution in [2.24, 2.45) is 0 Å². The fraction of sp³-hybridized carbons (Fsp3) is 0.0556. The van der Waals surface area contributed by atoms with Crippen LogP contribution in [0.4, 0.5) is 21.0 Å². The summed E-state index contributed by atoms with van der Waals surface area (Å²) in [4.78, 5) is 33.4. The number of hydrogen-bond acceptors (Lipinski definition) is 5. The van der Waals surface area contributed by atoms with Gasteiger partial charge in [0.25, 0.3) is 0 Å². The Morgan fingerprint density at radius 1 is 0.756 bits per heavy atom. The summed E-state index contributed by atoms with van der Waals surface area (Å²) in [6.45, 7) is 0.542. The summed E-state index contributed by atoms with van der Waals surface area (Å²) in [6, 6.07) is 29.6. The van der Waals surface area contributed by atoms with Crippen LogP contribution in [0.2, 0.25) is 0 Å². The number of pyridine rings is 2. The zero-order valence-corrected chi connectivity index (χ0v) is 24.1. The Balaban J connectivity index is 1.13. The molecule has 0 spiro atoms. The molecule has 0 bridgehead atoms. The second kappa shape index (κ2) is 13.7. The van der Waals surface area contributed by atoms with Gasteiger partial charge in [0.05, 0.1) is 0 Å².